The number of carbonyl (C=O) groups excluding carboxylic acids is 3. The Bertz CT molecular complexity index is 3040. The van der Waals surface area contributed by atoms with Gasteiger partial charge >= 0.3 is 12.0 Å². The smallest absolute Gasteiger partial charge is 0.328 e. The minimum atomic E-state index is -0.929. The average Bonchev–Trinajstić information content (AvgIpc) is 4.17. The highest BCUT2D eigenvalue weighted by Gasteiger charge is 2.46. The van der Waals surface area contributed by atoms with Gasteiger partial charge in [-0.3, -0.25) is 19.8 Å². The van der Waals surface area contributed by atoms with Crippen molar-refractivity contribution in [2.75, 3.05) is 95.5 Å². The molecule has 11 rings (SSSR count). The normalized spacial score (nSPS) is 22.5. The van der Waals surface area contributed by atoms with Crippen LogP contribution in [0.15, 0.2) is 60.7 Å². The van der Waals surface area contributed by atoms with Gasteiger partial charge in [-0.05, 0) is 136 Å². The van der Waals surface area contributed by atoms with Crippen LogP contribution in [0, 0.1) is 34.9 Å². The summed E-state index contributed by atoms with van der Waals surface area (Å²) < 4.78 is 29.2. The van der Waals surface area contributed by atoms with Crippen molar-refractivity contribution in [3.8, 4) is 41.0 Å². The summed E-state index contributed by atoms with van der Waals surface area (Å²) in [4.78, 5) is 58.5. The molecule has 2 saturated carbocycles. The van der Waals surface area contributed by atoms with Crippen LogP contribution in [0.5, 0.6) is 17.5 Å². The van der Waals surface area contributed by atoms with E-state index in [1.165, 1.54) is 37.7 Å². The summed E-state index contributed by atoms with van der Waals surface area (Å²) in [6, 6.07) is 17.0. The number of methoxy groups -OCH3 is 1. The van der Waals surface area contributed by atoms with E-state index in [-0.39, 0.29) is 58.5 Å². The van der Waals surface area contributed by atoms with E-state index in [9.17, 15) is 24.6 Å². The summed E-state index contributed by atoms with van der Waals surface area (Å²) >= 11 is 0. The van der Waals surface area contributed by atoms with Crippen molar-refractivity contribution in [1.29, 1.82) is 0 Å². The number of anilines is 2. The summed E-state index contributed by atoms with van der Waals surface area (Å²) in [7, 11) is 1.53. The molecule has 4 saturated heterocycles. The van der Waals surface area contributed by atoms with Crippen LogP contribution in [0.4, 0.5) is 20.7 Å². The van der Waals surface area contributed by atoms with Crippen LogP contribution in [0.1, 0.15) is 93.5 Å². The fourth-order valence-electron chi connectivity index (χ4n) is 12.7. The topological polar surface area (TPSA) is 164 Å². The molecular weight excluding hydrogens is 940 g/mol. The second-order valence-corrected chi connectivity index (χ2v) is 22.5. The van der Waals surface area contributed by atoms with Gasteiger partial charge in [-0.25, -0.2) is 9.18 Å². The number of nitrogens with zero attached hydrogens (tertiary/aromatic N) is 7. The molecule has 0 unspecified atom stereocenters. The number of aromatic nitrogens is 2. The van der Waals surface area contributed by atoms with E-state index in [1.54, 1.807) is 36.4 Å². The van der Waals surface area contributed by atoms with Gasteiger partial charge in [0.15, 0.2) is 5.82 Å². The molecule has 15 nitrogen and oxygen atoms in total. The first-order valence-electron chi connectivity index (χ1n) is 26.6. The minimum absolute atomic E-state index is 0.00101. The number of phenolic OH excluding ortho intramolecular Hbond substituents is 1. The maximum absolute atomic E-state index is 17.2. The first kappa shape index (κ1) is 49.7. The molecule has 0 radical (unpaired) electrons. The van der Waals surface area contributed by atoms with Gasteiger partial charge in [0.2, 0.25) is 5.91 Å². The Morgan fingerprint density at radius 2 is 1.66 bits per heavy atom. The van der Waals surface area contributed by atoms with E-state index in [1.807, 2.05) is 41.0 Å². The van der Waals surface area contributed by atoms with E-state index >= 15 is 4.39 Å². The van der Waals surface area contributed by atoms with Crippen LogP contribution in [0.25, 0.3) is 32.8 Å². The molecule has 74 heavy (non-hydrogen) atoms. The van der Waals surface area contributed by atoms with Crippen LogP contribution in [0.2, 0.25) is 0 Å². The number of carbonyl (C=O) groups is 3. The number of phenols is 1. The van der Waals surface area contributed by atoms with E-state index in [2.05, 4.69) is 21.0 Å². The number of nitrogens with one attached hydrogen (secondary N) is 1. The third kappa shape index (κ3) is 10.1. The average molecular weight is 1010 g/mol. The number of rotatable bonds is 12. The van der Waals surface area contributed by atoms with E-state index < -0.39 is 17.4 Å². The number of benzene rings is 4. The van der Waals surface area contributed by atoms with Crippen molar-refractivity contribution in [3.63, 3.8) is 0 Å². The first-order chi connectivity index (χ1) is 35.7. The third-order valence-corrected chi connectivity index (χ3v) is 17.2. The van der Waals surface area contributed by atoms with Crippen molar-refractivity contribution in [3.05, 3.63) is 77.6 Å². The Kier molecular flexibility index (Phi) is 13.4. The van der Waals surface area contributed by atoms with Gasteiger partial charge in [0, 0.05) is 111 Å². The largest absolute Gasteiger partial charge is 0.508 e. The molecule has 1 spiro atoms. The van der Waals surface area contributed by atoms with Crippen molar-refractivity contribution in [2.24, 2.45) is 16.7 Å². The molecule has 5 heterocycles. The number of piperidine rings is 2. The number of fused-ring (bicyclic) bond motifs is 2. The number of hydrogen-bond donors (Lipinski definition) is 3. The molecule has 2 aliphatic carbocycles. The van der Waals surface area contributed by atoms with Gasteiger partial charge < -0.3 is 39.3 Å². The molecule has 1 aromatic heterocycles. The Morgan fingerprint density at radius 3 is 2.38 bits per heavy atom. The zero-order valence-electron chi connectivity index (χ0n) is 42.6. The molecule has 6 fully saturated rings. The van der Waals surface area contributed by atoms with E-state index in [4.69, 9.17) is 25.9 Å². The maximum atomic E-state index is 17.2. The SMILES string of the molecule is C#Cc1cccc2cc(O)cc(-c3ccc4c(N5CCC[C@@](C)(O)C5)nc(OCC5(CN6CCN(CC7CCC8(CC7)CCN(C(=O)c7ccc(OC)c(N9CCC(=O)NC9=O)c7)CC8)CC6)CC5)nc4c3F)c12. The minimum Gasteiger partial charge on any atom is -0.508 e. The van der Waals surface area contributed by atoms with Crippen LogP contribution in [-0.4, -0.2) is 144 Å². The highest BCUT2D eigenvalue weighted by atomic mass is 19.1. The predicted octanol–water partition coefficient (Wildman–Crippen LogP) is 7.97. The fraction of sp³-hybridized carbons (Fsp3) is 0.500. The molecule has 4 amide bonds. The number of urea groups is 1. The van der Waals surface area contributed by atoms with Crippen molar-refractivity contribution in [2.45, 2.75) is 83.2 Å². The predicted molar refractivity (Wildman–Crippen MR) is 282 cm³/mol. The summed E-state index contributed by atoms with van der Waals surface area (Å²) in [5, 5.41) is 26.1. The molecule has 16 heteroatoms. The number of aliphatic hydroxyl groups is 1. The zero-order chi connectivity index (χ0) is 51.4. The van der Waals surface area contributed by atoms with Gasteiger partial charge in [-0.1, -0.05) is 24.1 Å². The number of terminal acetylenes is 1. The Morgan fingerprint density at radius 1 is 0.892 bits per heavy atom. The summed E-state index contributed by atoms with van der Waals surface area (Å²) in [6.07, 6.45) is 16.4. The lowest BCUT2D eigenvalue weighted by atomic mass is 9.65. The Balaban J connectivity index is 0.690. The zero-order valence-corrected chi connectivity index (χ0v) is 42.6. The number of halogens is 1. The van der Waals surface area contributed by atoms with Gasteiger partial charge in [0.05, 0.1) is 25.0 Å². The molecule has 3 N–H and O–H groups in total. The highest BCUT2D eigenvalue weighted by molar-refractivity contribution is 6.07. The lowest BCUT2D eigenvalue weighted by Gasteiger charge is -2.47. The number of piperazine rings is 1. The van der Waals surface area contributed by atoms with Crippen LogP contribution in [-0.2, 0) is 4.79 Å². The number of β-amino-alcohol motifs (C(OH)–C–C–N with tert-alkyl or cyclic N) is 1. The fourth-order valence-corrected chi connectivity index (χ4v) is 12.7. The second kappa shape index (κ2) is 20.0. The number of likely N-dealkylation sites (tertiary alicyclic amines) is 1. The first-order valence-corrected chi connectivity index (χ1v) is 26.6. The Hall–Kier alpha value is -6.54. The molecule has 0 bridgehead atoms. The number of amides is 4. The monoisotopic (exact) mass is 1010 g/mol. The van der Waals surface area contributed by atoms with Crippen LogP contribution >= 0.6 is 0 Å². The molecule has 388 valence electrons. The quantitative estimate of drug-likeness (QED) is 0.104. The number of imide groups is 1. The molecule has 4 aliphatic heterocycles. The van der Waals surface area contributed by atoms with Gasteiger partial charge in [-0.15, -0.1) is 6.42 Å². The van der Waals surface area contributed by atoms with Crippen LogP contribution in [0.3, 0.4) is 0 Å². The van der Waals surface area contributed by atoms with Crippen LogP contribution < -0.4 is 24.6 Å². The molecule has 4 aromatic carbocycles. The van der Waals surface area contributed by atoms with Gasteiger partial charge in [0.25, 0.3) is 5.91 Å². The standard InChI is InChI=1S/C58H67FN8O7/c1-4-39-7-5-8-40-31-42(68)33-45(49(39)40)43-10-11-44-51(50(43)59)61-54(62-52(44)66-23-6-16-56(2,72)35-66)74-37-58(19-20-58)36-64-29-27-63(28-30-64)34-38-13-17-57(18-14-38)21-25-65(26-22-57)53(70)41-9-12-47(73-3)46(32-41)67-24-15-48(69)60-55(67)71/h1,5,7-12,31-33,38,68,72H,6,13-30,34-37H2,2-3H3,(H,60,69,71)/t56-/m1/s1. The summed E-state index contributed by atoms with van der Waals surface area (Å²) in [5.41, 5.74) is 1.74. The van der Waals surface area contributed by atoms with Gasteiger partial charge in [-0.2, -0.15) is 9.97 Å². The number of ether oxygens (including phenoxy) is 2. The van der Waals surface area contributed by atoms with E-state index in [0.29, 0.717) is 95.2 Å². The molecule has 1 atom stereocenters. The lowest BCUT2D eigenvalue weighted by Crippen LogP contribution is -2.50. The second-order valence-electron chi connectivity index (χ2n) is 22.5. The van der Waals surface area contributed by atoms with Crippen molar-refractivity contribution in [1.82, 2.24) is 30.0 Å². The van der Waals surface area contributed by atoms with Gasteiger partial charge in [0.1, 0.15) is 22.8 Å². The molecule has 6 aliphatic rings. The van der Waals surface area contributed by atoms with Crippen molar-refractivity contribution < 1.29 is 38.5 Å². The number of aromatic hydroxyl groups is 1. The third-order valence-electron chi connectivity index (χ3n) is 17.2. The van der Waals surface area contributed by atoms with E-state index in [0.717, 1.165) is 71.4 Å². The highest BCUT2D eigenvalue weighted by Crippen LogP contribution is 2.49. The summed E-state index contributed by atoms with van der Waals surface area (Å²) in [6.45, 7) is 11.0. The maximum Gasteiger partial charge on any atom is 0.328 e. The molecular formula is C58H67FN8O7. The number of hydrogen-bond acceptors (Lipinski definition) is 12. The summed E-state index contributed by atoms with van der Waals surface area (Å²) in [5.74, 6) is 3.48. The molecule has 5 aromatic rings. The lowest BCUT2D eigenvalue weighted by molar-refractivity contribution is -0.120. The van der Waals surface area contributed by atoms with Crippen molar-refractivity contribution >= 4 is 51.0 Å². The Labute approximate surface area is 432 Å².